The molecule has 2 aromatic rings. The molecule has 0 saturated heterocycles. The van der Waals surface area contributed by atoms with Crippen LogP contribution in [0, 0.1) is 0 Å². The van der Waals surface area contributed by atoms with Crippen molar-refractivity contribution >= 4 is 11.5 Å². The number of rotatable bonds is 2. The van der Waals surface area contributed by atoms with E-state index in [0.717, 1.165) is 34.7 Å². The van der Waals surface area contributed by atoms with Crippen LogP contribution >= 0.6 is 0 Å². The van der Waals surface area contributed by atoms with Gasteiger partial charge in [0.1, 0.15) is 12.4 Å². The van der Waals surface area contributed by atoms with Crippen molar-refractivity contribution in [2.24, 2.45) is 0 Å². The smallest absolute Gasteiger partial charge is 0.190 e. The Labute approximate surface area is 123 Å². The van der Waals surface area contributed by atoms with Gasteiger partial charge in [0.25, 0.3) is 0 Å². The monoisotopic (exact) mass is 277 g/mol. The van der Waals surface area contributed by atoms with E-state index in [2.05, 4.69) is 11.0 Å². The largest absolute Gasteiger partial charge is 0.490 e. The molecule has 0 unspecified atom stereocenters. The molecule has 3 nitrogen and oxygen atoms in total. The average molecular weight is 277 g/mol. The van der Waals surface area contributed by atoms with Crippen molar-refractivity contribution in [3.63, 3.8) is 0 Å². The van der Waals surface area contributed by atoms with E-state index in [-0.39, 0.29) is 5.78 Å². The molecular formula is C18H15NO2. The molecule has 2 aliphatic rings. The number of ketones is 1. The van der Waals surface area contributed by atoms with E-state index in [1.165, 1.54) is 0 Å². The summed E-state index contributed by atoms with van der Waals surface area (Å²) in [5.74, 6) is 1.03. The van der Waals surface area contributed by atoms with E-state index in [9.17, 15) is 4.79 Å². The van der Waals surface area contributed by atoms with Gasteiger partial charge in [0.05, 0.1) is 12.2 Å². The number of allylic oxidation sites excluding steroid dienone is 1. The third-order valence-corrected chi connectivity index (χ3v) is 3.98. The summed E-state index contributed by atoms with van der Waals surface area (Å²) in [6, 6.07) is 15.5. The highest BCUT2D eigenvalue weighted by Crippen LogP contribution is 2.39. The summed E-state index contributed by atoms with van der Waals surface area (Å²) in [6.07, 6.45) is 2.65. The lowest BCUT2D eigenvalue weighted by Crippen LogP contribution is -2.32. The van der Waals surface area contributed by atoms with E-state index in [0.29, 0.717) is 13.0 Å². The second-order valence-corrected chi connectivity index (χ2v) is 5.33. The molecule has 0 fully saturated rings. The SMILES string of the molecule is O=C(C1=CN2CCOc3cccc(c32)C1)c1ccccc1. The fourth-order valence-corrected chi connectivity index (χ4v) is 3.00. The van der Waals surface area contributed by atoms with Gasteiger partial charge in [-0.25, -0.2) is 0 Å². The number of carbonyl (C=O) groups is 1. The first-order valence-corrected chi connectivity index (χ1v) is 7.15. The molecule has 2 aliphatic heterocycles. The molecule has 3 heteroatoms. The molecule has 0 saturated carbocycles. The first-order valence-electron chi connectivity index (χ1n) is 7.15. The lowest BCUT2D eigenvalue weighted by atomic mass is 9.93. The molecule has 0 spiro atoms. The van der Waals surface area contributed by atoms with Gasteiger partial charge in [-0.15, -0.1) is 0 Å². The van der Waals surface area contributed by atoms with Crippen LogP contribution in [0.5, 0.6) is 5.75 Å². The second-order valence-electron chi connectivity index (χ2n) is 5.33. The Morgan fingerprint density at radius 2 is 1.90 bits per heavy atom. The zero-order valence-electron chi connectivity index (χ0n) is 11.6. The van der Waals surface area contributed by atoms with Crippen molar-refractivity contribution in [2.75, 3.05) is 18.1 Å². The summed E-state index contributed by atoms with van der Waals surface area (Å²) in [5.41, 5.74) is 3.87. The van der Waals surface area contributed by atoms with E-state index in [1.54, 1.807) is 0 Å². The Hall–Kier alpha value is -2.55. The van der Waals surface area contributed by atoms with Gasteiger partial charge in [-0.2, -0.15) is 0 Å². The summed E-state index contributed by atoms with van der Waals surface area (Å²) in [5, 5.41) is 0. The number of ether oxygens (including phenoxy) is 1. The molecule has 21 heavy (non-hydrogen) atoms. The first kappa shape index (κ1) is 12.2. The van der Waals surface area contributed by atoms with Crippen molar-refractivity contribution in [3.05, 3.63) is 71.4 Å². The van der Waals surface area contributed by atoms with Gasteiger partial charge in [-0.3, -0.25) is 4.79 Å². The van der Waals surface area contributed by atoms with Crippen LogP contribution in [0.25, 0.3) is 0 Å². The Morgan fingerprint density at radius 1 is 1.05 bits per heavy atom. The molecule has 2 aromatic carbocycles. The van der Waals surface area contributed by atoms with Crippen LogP contribution in [0.2, 0.25) is 0 Å². The lowest BCUT2D eigenvalue weighted by Gasteiger charge is -2.34. The summed E-state index contributed by atoms with van der Waals surface area (Å²) in [6.45, 7) is 1.44. The van der Waals surface area contributed by atoms with Crippen LogP contribution in [0.15, 0.2) is 60.3 Å². The summed E-state index contributed by atoms with van der Waals surface area (Å²) in [4.78, 5) is 14.8. The van der Waals surface area contributed by atoms with Crippen LogP contribution in [-0.4, -0.2) is 18.9 Å². The highest BCUT2D eigenvalue weighted by atomic mass is 16.5. The summed E-state index contributed by atoms with van der Waals surface area (Å²) >= 11 is 0. The van der Waals surface area contributed by atoms with Crippen LogP contribution in [0.3, 0.4) is 0 Å². The van der Waals surface area contributed by atoms with E-state index < -0.39 is 0 Å². The highest BCUT2D eigenvalue weighted by molar-refractivity contribution is 6.09. The van der Waals surface area contributed by atoms with Gasteiger partial charge < -0.3 is 9.64 Å². The topological polar surface area (TPSA) is 29.5 Å². The Kier molecular flexibility index (Phi) is 2.78. The van der Waals surface area contributed by atoms with Crippen molar-refractivity contribution in [2.45, 2.75) is 6.42 Å². The molecule has 0 aromatic heterocycles. The maximum Gasteiger partial charge on any atom is 0.190 e. The van der Waals surface area contributed by atoms with Crippen LogP contribution in [-0.2, 0) is 6.42 Å². The standard InChI is InChI=1S/C18H15NO2/c20-18(13-5-2-1-3-6-13)15-11-14-7-4-8-16-17(14)19(12-15)9-10-21-16/h1-8,12H,9-11H2. The van der Waals surface area contributed by atoms with Crippen molar-refractivity contribution in [1.29, 1.82) is 0 Å². The average Bonchev–Trinajstić information content (AvgIpc) is 2.55. The third kappa shape index (κ3) is 2.02. The number of hydrogen-bond acceptors (Lipinski definition) is 3. The molecule has 4 rings (SSSR count). The van der Waals surface area contributed by atoms with Crippen LogP contribution in [0.4, 0.5) is 5.69 Å². The zero-order valence-corrected chi connectivity index (χ0v) is 11.6. The van der Waals surface area contributed by atoms with Gasteiger partial charge in [-0.1, -0.05) is 42.5 Å². The van der Waals surface area contributed by atoms with Gasteiger partial charge in [0, 0.05) is 23.8 Å². The molecule has 0 atom stereocenters. The van der Waals surface area contributed by atoms with Gasteiger partial charge >= 0.3 is 0 Å². The minimum absolute atomic E-state index is 0.109. The quantitative estimate of drug-likeness (QED) is 0.789. The summed E-state index contributed by atoms with van der Waals surface area (Å²) in [7, 11) is 0. The van der Waals surface area contributed by atoms with Crippen molar-refractivity contribution < 1.29 is 9.53 Å². The molecule has 0 radical (unpaired) electrons. The normalized spacial score (nSPS) is 15.8. The predicted molar refractivity (Wildman–Crippen MR) is 81.8 cm³/mol. The number of Topliss-reactive ketones (excluding diaryl/α,β-unsaturated/α-hetero) is 1. The number of anilines is 1. The van der Waals surface area contributed by atoms with E-state index in [1.807, 2.05) is 48.7 Å². The molecule has 0 aliphatic carbocycles. The number of carbonyl (C=O) groups excluding carboxylic acids is 1. The Morgan fingerprint density at radius 3 is 2.76 bits per heavy atom. The van der Waals surface area contributed by atoms with Gasteiger partial charge in [-0.05, 0) is 11.6 Å². The van der Waals surface area contributed by atoms with E-state index >= 15 is 0 Å². The number of para-hydroxylation sites is 1. The number of hydrogen-bond donors (Lipinski definition) is 0. The third-order valence-electron chi connectivity index (χ3n) is 3.98. The van der Waals surface area contributed by atoms with Crippen molar-refractivity contribution in [1.82, 2.24) is 0 Å². The zero-order chi connectivity index (χ0) is 14.2. The van der Waals surface area contributed by atoms with E-state index in [4.69, 9.17) is 4.74 Å². The lowest BCUT2D eigenvalue weighted by molar-refractivity contribution is 0.103. The second kappa shape index (κ2) is 4.77. The molecule has 104 valence electrons. The molecule has 0 bridgehead atoms. The highest BCUT2D eigenvalue weighted by Gasteiger charge is 2.27. The van der Waals surface area contributed by atoms with Crippen molar-refractivity contribution in [3.8, 4) is 5.75 Å². The van der Waals surface area contributed by atoms with Crippen LogP contribution in [0.1, 0.15) is 15.9 Å². The number of benzene rings is 2. The maximum absolute atomic E-state index is 12.6. The fourth-order valence-electron chi connectivity index (χ4n) is 3.00. The molecule has 0 amide bonds. The fraction of sp³-hybridized carbons (Fsp3) is 0.167. The Bertz CT molecular complexity index is 734. The predicted octanol–water partition coefficient (Wildman–Crippen LogP) is 3.21. The summed E-state index contributed by atoms with van der Waals surface area (Å²) < 4.78 is 5.69. The molecule has 2 heterocycles. The minimum atomic E-state index is 0.109. The maximum atomic E-state index is 12.6. The molecule has 0 N–H and O–H groups in total. The first-order chi connectivity index (χ1) is 10.3. The van der Waals surface area contributed by atoms with Gasteiger partial charge in [0.15, 0.2) is 5.78 Å². The van der Waals surface area contributed by atoms with Crippen LogP contribution < -0.4 is 9.64 Å². The number of nitrogens with zero attached hydrogens (tertiary/aromatic N) is 1. The Balaban J connectivity index is 1.74. The molecular weight excluding hydrogens is 262 g/mol. The van der Waals surface area contributed by atoms with Gasteiger partial charge in [0.2, 0.25) is 0 Å². The minimum Gasteiger partial charge on any atom is -0.490 e.